The molecule has 0 atom stereocenters. The first kappa shape index (κ1) is 7.79. The maximum atomic E-state index is 5.57. The third-order valence-corrected chi connectivity index (χ3v) is 1.94. The first-order valence-corrected chi connectivity index (χ1v) is 4.05. The minimum Gasteiger partial charge on any atom is -0.399 e. The van der Waals surface area contributed by atoms with Crippen LogP contribution in [0.2, 0.25) is 0 Å². The lowest BCUT2D eigenvalue weighted by molar-refractivity contribution is -0.459. The van der Waals surface area contributed by atoms with Gasteiger partial charge in [0, 0.05) is 11.3 Å². The zero-order valence-corrected chi connectivity index (χ0v) is 7.12. The number of anilines is 1. The van der Waals surface area contributed by atoms with Crippen molar-refractivity contribution in [2.75, 3.05) is 5.73 Å². The van der Waals surface area contributed by atoms with Crippen LogP contribution in [-0.2, 0) is 0 Å². The summed E-state index contributed by atoms with van der Waals surface area (Å²) in [5.41, 5.74) is 13.9. The zero-order chi connectivity index (χ0) is 9.26. The molecule has 0 amide bonds. The van der Waals surface area contributed by atoms with Crippen molar-refractivity contribution in [3.63, 3.8) is 0 Å². The fourth-order valence-electron chi connectivity index (χ4n) is 1.24. The highest BCUT2D eigenvalue weighted by atomic mass is 15.3. The van der Waals surface area contributed by atoms with E-state index < -0.39 is 0 Å². The number of hydrazone groups is 1. The molecule has 0 saturated carbocycles. The van der Waals surface area contributed by atoms with Crippen molar-refractivity contribution < 1.29 is 5.10 Å². The molecule has 5 N–H and O–H groups in total. The van der Waals surface area contributed by atoms with E-state index in [2.05, 4.69) is 10.2 Å². The van der Waals surface area contributed by atoms with Gasteiger partial charge in [-0.25, -0.2) is 0 Å². The zero-order valence-electron chi connectivity index (χ0n) is 7.12. The van der Waals surface area contributed by atoms with Crippen LogP contribution in [-0.4, -0.2) is 11.5 Å². The Labute approximate surface area is 76.0 Å². The van der Waals surface area contributed by atoms with Crippen molar-refractivity contribution in [3.8, 4) is 0 Å². The predicted octanol–water partition coefficient (Wildman–Crippen LogP) is -1.19. The van der Waals surface area contributed by atoms with E-state index in [0.29, 0.717) is 12.3 Å². The number of nitrogens with two attached hydrogens (primary N) is 2. The summed E-state index contributed by atoms with van der Waals surface area (Å²) < 4.78 is 0. The van der Waals surface area contributed by atoms with Gasteiger partial charge in [0.1, 0.15) is 5.71 Å². The van der Waals surface area contributed by atoms with Crippen LogP contribution in [0, 0.1) is 0 Å². The summed E-state index contributed by atoms with van der Waals surface area (Å²) in [5, 5.41) is 6.81. The molecule has 4 heteroatoms. The van der Waals surface area contributed by atoms with Crippen LogP contribution in [0.5, 0.6) is 0 Å². The van der Waals surface area contributed by atoms with Crippen LogP contribution in [0.3, 0.4) is 0 Å². The molecule has 0 unspecified atom stereocenters. The second kappa shape index (κ2) is 2.90. The van der Waals surface area contributed by atoms with Crippen LogP contribution >= 0.6 is 0 Å². The Bertz CT molecular complexity index is 375. The molecule has 1 aliphatic heterocycles. The van der Waals surface area contributed by atoms with E-state index in [1.807, 2.05) is 24.3 Å². The predicted molar refractivity (Wildman–Crippen MR) is 52.2 cm³/mol. The number of nitrogens with zero attached hydrogens (tertiary/aromatic N) is 1. The van der Waals surface area contributed by atoms with Crippen LogP contribution in [0.25, 0.3) is 0 Å². The minimum absolute atomic E-state index is 0.684. The molecule has 0 saturated heterocycles. The van der Waals surface area contributed by atoms with Gasteiger partial charge in [-0.2, -0.15) is 5.10 Å². The Balaban J connectivity index is 2.24. The van der Waals surface area contributed by atoms with Gasteiger partial charge < -0.3 is 5.73 Å². The van der Waals surface area contributed by atoms with E-state index in [4.69, 9.17) is 11.5 Å². The molecule has 4 nitrogen and oxygen atoms in total. The molecule has 2 rings (SSSR count). The quantitative estimate of drug-likeness (QED) is 0.469. The van der Waals surface area contributed by atoms with Crippen molar-refractivity contribution in [1.82, 2.24) is 0 Å². The van der Waals surface area contributed by atoms with Crippen molar-refractivity contribution >= 4 is 17.2 Å². The van der Waals surface area contributed by atoms with Gasteiger partial charge in [0.25, 0.3) is 5.84 Å². The third kappa shape index (κ3) is 1.51. The molecule has 0 aromatic heterocycles. The van der Waals surface area contributed by atoms with E-state index >= 15 is 0 Å². The number of nitrogen functional groups attached to an aromatic ring is 1. The average Bonchev–Trinajstić information content (AvgIpc) is 2.53. The highest BCUT2D eigenvalue weighted by molar-refractivity contribution is 6.11. The fourth-order valence-corrected chi connectivity index (χ4v) is 1.24. The largest absolute Gasteiger partial charge is 0.399 e. The molecule has 66 valence electrons. The smallest absolute Gasteiger partial charge is 0.271 e. The normalized spacial score (nSPS) is 15.4. The number of rotatable bonds is 1. The summed E-state index contributed by atoms with van der Waals surface area (Å²) in [6, 6.07) is 7.58. The number of amidine groups is 1. The van der Waals surface area contributed by atoms with Gasteiger partial charge in [-0.3, -0.25) is 5.73 Å². The van der Waals surface area contributed by atoms with Gasteiger partial charge in [0.2, 0.25) is 0 Å². The summed E-state index contributed by atoms with van der Waals surface area (Å²) in [5.74, 6) is 0.687. The fraction of sp³-hybridized carbons (Fsp3) is 0.111. The Morgan fingerprint density at radius 1 is 1.15 bits per heavy atom. The van der Waals surface area contributed by atoms with E-state index in [9.17, 15) is 0 Å². The van der Waals surface area contributed by atoms with Crippen LogP contribution in [0.4, 0.5) is 5.69 Å². The average molecular weight is 175 g/mol. The molecule has 0 fully saturated rings. The summed E-state index contributed by atoms with van der Waals surface area (Å²) in [6.07, 6.45) is 0.684. The summed E-state index contributed by atoms with van der Waals surface area (Å²) in [7, 11) is 0. The summed E-state index contributed by atoms with van der Waals surface area (Å²) in [4.78, 5) is 0. The van der Waals surface area contributed by atoms with Crippen LogP contribution in [0.15, 0.2) is 29.4 Å². The van der Waals surface area contributed by atoms with Crippen LogP contribution < -0.4 is 16.6 Å². The summed E-state index contributed by atoms with van der Waals surface area (Å²) >= 11 is 0. The van der Waals surface area contributed by atoms with Crippen molar-refractivity contribution in [3.05, 3.63) is 29.8 Å². The third-order valence-electron chi connectivity index (χ3n) is 1.94. The van der Waals surface area contributed by atoms with Gasteiger partial charge >= 0.3 is 0 Å². The first-order chi connectivity index (χ1) is 6.25. The second-order valence-corrected chi connectivity index (χ2v) is 2.99. The Hall–Kier alpha value is -1.84. The van der Waals surface area contributed by atoms with Gasteiger partial charge in [0.15, 0.2) is 0 Å². The molecule has 1 aliphatic rings. The molecule has 0 aliphatic carbocycles. The van der Waals surface area contributed by atoms with Crippen molar-refractivity contribution in [1.29, 1.82) is 0 Å². The lowest BCUT2D eigenvalue weighted by Gasteiger charge is -1.97. The highest BCUT2D eigenvalue weighted by Gasteiger charge is 2.15. The van der Waals surface area contributed by atoms with E-state index in [1.165, 1.54) is 0 Å². The SMILES string of the molecule is NC1=[NH+]N=C(c2ccc(N)cc2)C1. The van der Waals surface area contributed by atoms with Gasteiger partial charge in [-0.1, -0.05) is 17.2 Å². The molecular weight excluding hydrogens is 164 g/mol. The lowest BCUT2D eigenvalue weighted by Crippen LogP contribution is -2.66. The standard InChI is InChI=1S/C9H10N4/c10-7-3-1-6(2-4-7)8-5-9(11)13-12-8/h1-4H,5,10H2,(H2,11,13)/p+1. The molecule has 13 heavy (non-hydrogen) atoms. The second-order valence-electron chi connectivity index (χ2n) is 2.99. The number of nitrogens with one attached hydrogen (secondary N) is 1. The Morgan fingerprint density at radius 3 is 2.38 bits per heavy atom. The Morgan fingerprint density at radius 2 is 1.85 bits per heavy atom. The van der Waals surface area contributed by atoms with Gasteiger partial charge in [-0.05, 0) is 12.1 Å². The van der Waals surface area contributed by atoms with Crippen LogP contribution in [0.1, 0.15) is 12.0 Å². The van der Waals surface area contributed by atoms with E-state index in [-0.39, 0.29) is 0 Å². The number of hydrogen-bond donors (Lipinski definition) is 3. The Kier molecular flexibility index (Phi) is 1.73. The van der Waals surface area contributed by atoms with Crippen molar-refractivity contribution in [2.45, 2.75) is 6.42 Å². The van der Waals surface area contributed by atoms with E-state index in [1.54, 1.807) is 0 Å². The molecule has 0 radical (unpaired) electrons. The molecule has 1 aromatic rings. The topological polar surface area (TPSA) is 78.4 Å². The summed E-state index contributed by atoms with van der Waals surface area (Å²) in [6.45, 7) is 0. The van der Waals surface area contributed by atoms with E-state index in [0.717, 1.165) is 17.0 Å². The lowest BCUT2D eigenvalue weighted by atomic mass is 10.1. The van der Waals surface area contributed by atoms with Crippen molar-refractivity contribution in [2.24, 2.45) is 10.8 Å². The maximum Gasteiger partial charge on any atom is 0.271 e. The molecular formula is C9H11N4+. The first-order valence-electron chi connectivity index (χ1n) is 4.05. The molecule has 0 bridgehead atoms. The van der Waals surface area contributed by atoms with Gasteiger partial charge in [0.05, 0.1) is 6.42 Å². The maximum absolute atomic E-state index is 5.57. The minimum atomic E-state index is 0.684. The molecule has 1 heterocycles. The number of hydrogen-bond acceptors (Lipinski definition) is 3. The van der Waals surface area contributed by atoms with Gasteiger partial charge in [-0.15, -0.1) is 0 Å². The molecule has 1 aromatic carbocycles. The monoisotopic (exact) mass is 175 g/mol. The molecule has 0 spiro atoms. The highest BCUT2D eigenvalue weighted by Crippen LogP contribution is 2.08. The number of benzene rings is 1.